The Balaban J connectivity index is 1.98. The van der Waals surface area contributed by atoms with Gasteiger partial charge in [0.2, 0.25) is 0 Å². The molecular weight excluding hydrogens is 196 g/mol. The van der Waals surface area contributed by atoms with Crippen LogP contribution in [0.25, 0.3) is 0 Å². The van der Waals surface area contributed by atoms with E-state index in [1.807, 2.05) is 0 Å². The molecule has 1 unspecified atom stereocenters. The van der Waals surface area contributed by atoms with Crippen LogP contribution in [0.4, 0.5) is 0 Å². The van der Waals surface area contributed by atoms with E-state index in [2.05, 4.69) is 37.9 Å². The molecule has 1 fully saturated rings. The van der Waals surface area contributed by atoms with Crippen molar-refractivity contribution in [3.05, 3.63) is 0 Å². The molecule has 0 aromatic carbocycles. The Hall–Kier alpha value is -0.0800. The van der Waals surface area contributed by atoms with E-state index < -0.39 is 0 Å². The zero-order chi connectivity index (χ0) is 12.0. The first kappa shape index (κ1) is 14.0. The predicted molar refractivity (Wildman–Crippen MR) is 71.8 cm³/mol. The van der Waals surface area contributed by atoms with Crippen molar-refractivity contribution >= 4 is 0 Å². The van der Waals surface area contributed by atoms with Gasteiger partial charge in [0.05, 0.1) is 0 Å². The van der Waals surface area contributed by atoms with Crippen LogP contribution in [0.5, 0.6) is 0 Å². The Morgan fingerprint density at radius 1 is 1.25 bits per heavy atom. The fourth-order valence-corrected chi connectivity index (χ4v) is 2.41. The molecule has 1 N–H and O–H groups in total. The molecule has 0 radical (unpaired) electrons. The van der Waals surface area contributed by atoms with E-state index >= 15 is 0 Å². The quantitative estimate of drug-likeness (QED) is 0.725. The molecule has 0 spiro atoms. The van der Waals surface area contributed by atoms with Gasteiger partial charge in [0.25, 0.3) is 0 Å². The van der Waals surface area contributed by atoms with E-state index in [0.717, 1.165) is 12.5 Å². The summed E-state index contributed by atoms with van der Waals surface area (Å²) in [5.74, 6) is 0.918. The van der Waals surface area contributed by atoms with Gasteiger partial charge in [0, 0.05) is 12.1 Å². The molecule has 16 heavy (non-hydrogen) atoms. The Labute approximate surface area is 102 Å². The van der Waals surface area contributed by atoms with Crippen LogP contribution in [0.15, 0.2) is 0 Å². The van der Waals surface area contributed by atoms with Crippen LogP contribution in [0.3, 0.4) is 0 Å². The summed E-state index contributed by atoms with van der Waals surface area (Å²) in [5, 5.41) is 3.55. The monoisotopic (exact) mass is 226 g/mol. The minimum Gasteiger partial charge on any atom is -0.312 e. The predicted octanol–water partition coefficient (Wildman–Crippen LogP) is 2.89. The largest absolute Gasteiger partial charge is 0.312 e. The van der Waals surface area contributed by atoms with Gasteiger partial charge in [-0.3, -0.25) is 0 Å². The van der Waals surface area contributed by atoms with Crippen molar-refractivity contribution in [2.24, 2.45) is 5.92 Å². The fourth-order valence-electron chi connectivity index (χ4n) is 2.41. The van der Waals surface area contributed by atoms with Gasteiger partial charge in [-0.2, -0.15) is 0 Å². The van der Waals surface area contributed by atoms with Crippen LogP contribution in [-0.4, -0.2) is 36.6 Å². The summed E-state index contributed by atoms with van der Waals surface area (Å²) < 4.78 is 0. The first-order valence-corrected chi connectivity index (χ1v) is 6.95. The second-order valence-electron chi connectivity index (χ2n) is 6.43. The summed E-state index contributed by atoms with van der Waals surface area (Å²) in [6.07, 6.45) is 5.49. The Bertz CT molecular complexity index is 184. The number of nitrogens with zero attached hydrogens (tertiary/aromatic N) is 1. The maximum absolute atomic E-state index is 3.55. The highest BCUT2D eigenvalue weighted by Gasteiger charge is 2.15. The lowest BCUT2D eigenvalue weighted by molar-refractivity contribution is 0.180. The summed E-state index contributed by atoms with van der Waals surface area (Å²) in [6, 6.07) is 0. The van der Waals surface area contributed by atoms with Crippen molar-refractivity contribution in [3.8, 4) is 0 Å². The number of rotatable bonds is 5. The molecule has 1 saturated heterocycles. The summed E-state index contributed by atoms with van der Waals surface area (Å²) in [4.78, 5) is 2.64. The van der Waals surface area contributed by atoms with Gasteiger partial charge in [-0.1, -0.05) is 6.92 Å². The second-order valence-corrected chi connectivity index (χ2v) is 6.43. The van der Waals surface area contributed by atoms with E-state index in [1.165, 1.54) is 45.3 Å². The third-order valence-electron chi connectivity index (χ3n) is 3.30. The lowest BCUT2D eigenvalue weighted by Gasteiger charge is -2.30. The van der Waals surface area contributed by atoms with Gasteiger partial charge in [-0.15, -0.1) is 0 Å². The number of nitrogens with one attached hydrogen (secondary N) is 1. The maximum atomic E-state index is 3.55. The van der Waals surface area contributed by atoms with E-state index in [0.29, 0.717) is 0 Å². The van der Waals surface area contributed by atoms with E-state index in [9.17, 15) is 0 Å². The van der Waals surface area contributed by atoms with Crippen molar-refractivity contribution < 1.29 is 0 Å². The second kappa shape index (κ2) is 6.61. The topological polar surface area (TPSA) is 15.3 Å². The lowest BCUT2D eigenvalue weighted by Crippen LogP contribution is -2.37. The number of hydrogen-bond acceptors (Lipinski definition) is 2. The number of likely N-dealkylation sites (tertiary alicyclic amines) is 1. The molecule has 0 aromatic heterocycles. The van der Waals surface area contributed by atoms with Crippen molar-refractivity contribution in [2.75, 3.05) is 26.2 Å². The molecule has 1 heterocycles. The molecule has 0 bridgehead atoms. The Morgan fingerprint density at radius 2 is 2.00 bits per heavy atom. The highest BCUT2D eigenvalue weighted by atomic mass is 15.1. The summed E-state index contributed by atoms with van der Waals surface area (Å²) in [6.45, 7) is 14.2. The molecule has 1 rings (SSSR count). The van der Waals surface area contributed by atoms with Crippen molar-refractivity contribution in [1.29, 1.82) is 0 Å². The van der Waals surface area contributed by atoms with Gasteiger partial charge in [0.1, 0.15) is 0 Å². The molecule has 1 atom stereocenters. The van der Waals surface area contributed by atoms with Crippen molar-refractivity contribution in [3.63, 3.8) is 0 Å². The van der Waals surface area contributed by atoms with Crippen LogP contribution in [0.1, 0.15) is 53.4 Å². The zero-order valence-electron chi connectivity index (χ0n) is 11.7. The molecule has 0 aromatic rings. The average Bonchev–Trinajstić information content (AvgIpc) is 2.15. The van der Waals surface area contributed by atoms with Gasteiger partial charge >= 0.3 is 0 Å². The van der Waals surface area contributed by atoms with E-state index in [1.54, 1.807) is 0 Å². The first-order valence-electron chi connectivity index (χ1n) is 6.95. The average molecular weight is 226 g/mol. The van der Waals surface area contributed by atoms with Gasteiger partial charge < -0.3 is 10.2 Å². The minimum atomic E-state index is 0.277. The molecule has 0 aliphatic carbocycles. The molecule has 2 nitrogen and oxygen atoms in total. The Morgan fingerprint density at radius 3 is 2.62 bits per heavy atom. The van der Waals surface area contributed by atoms with Crippen molar-refractivity contribution in [2.45, 2.75) is 58.9 Å². The third-order valence-corrected chi connectivity index (χ3v) is 3.30. The van der Waals surface area contributed by atoms with Crippen LogP contribution >= 0.6 is 0 Å². The molecular formula is C14H30N2. The van der Waals surface area contributed by atoms with Crippen LogP contribution < -0.4 is 5.32 Å². The highest BCUT2D eigenvalue weighted by molar-refractivity contribution is 4.72. The summed E-state index contributed by atoms with van der Waals surface area (Å²) in [5.41, 5.74) is 0.277. The summed E-state index contributed by atoms with van der Waals surface area (Å²) >= 11 is 0. The molecule has 1 aliphatic rings. The van der Waals surface area contributed by atoms with Crippen molar-refractivity contribution in [1.82, 2.24) is 10.2 Å². The SMILES string of the molecule is CC1CCCN(CCCCNC(C)(C)C)C1. The summed E-state index contributed by atoms with van der Waals surface area (Å²) in [7, 11) is 0. The molecule has 2 heteroatoms. The molecule has 96 valence electrons. The molecule has 1 aliphatic heterocycles. The molecule has 0 amide bonds. The third kappa shape index (κ3) is 6.49. The Kier molecular flexibility index (Phi) is 5.77. The highest BCUT2D eigenvalue weighted by Crippen LogP contribution is 2.15. The number of hydrogen-bond donors (Lipinski definition) is 1. The first-order chi connectivity index (χ1) is 7.47. The normalized spacial score (nSPS) is 23.6. The van der Waals surface area contributed by atoms with Crippen LogP contribution in [0, 0.1) is 5.92 Å². The van der Waals surface area contributed by atoms with Gasteiger partial charge in [0.15, 0.2) is 0 Å². The lowest BCUT2D eigenvalue weighted by atomic mass is 10.00. The number of unbranched alkanes of at least 4 members (excludes halogenated alkanes) is 1. The standard InChI is InChI=1S/C14H30N2/c1-13-8-7-11-16(12-13)10-6-5-9-15-14(2,3)4/h13,15H,5-12H2,1-4H3. The van der Waals surface area contributed by atoms with E-state index in [4.69, 9.17) is 0 Å². The number of piperidine rings is 1. The molecule has 0 saturated carbocycles. The minimum absolute atomic E-state index is 0.277. The van der Waals surface area contributed by atoms with E-state index in [-0.39, 0.29) is 5.54 Å². The van der Waals surface area contributed by atoms with Gasteiger partial charge in [-0.25, -0.2) is 0 Å². The maximum Gasteiger partial charge on any atom is 0.00965 e. The zero-order valence-corrected chi connectivity index (χ0v) is 11.7. The smallest absolute Gasteiger partial charge is 0.00965 e. The fraction of sp³-hybridized carbons (Fsp3) is 1.00. The van der Waals surface area contributed by atoms with Crippen LogP contribution in [0.2, 0.25) is 0 Å². The van der Waals surface area contributed by atoms with Gasteiger partial charge in [-0.05, 0) is 72.0 Å². The van der Waals surface area contributed by atoms with Crippen LogP contribution in [-0.2, 0) is 0 Å².